The molecule has 1 aliphatic heterocycles. The van der Waals surface area contributed by atoms with E-state index in [4.69, 9.17) is 4.98 Å². The van der Waals surface area contributed by atoms with E-state index in [2.05, 4.69) is 48.1 Å². The van der Waals surface area contributed by atoms with Gasteiger partial charge in [-0.2, -0.15) is 5.10 Å². The lowest BCUT2D eigenvalue weighted by atomic mass is 10.0. The Morgan fingerprint density at radius 3 is 2.58 bits per heavy atom. The number of amides is 1. The minimum absolute atomic E-state index is 0.0768. The molecule has 0 atom stereocenters. The molecule has 0 aliphatic carbocycles. The van der Waals surface area contributed by atoms with Crippen LogP contribution in [0, 0.1) is 6.92 Å². The van der Waals surface area contributed by atoms with Crippen molar-refractivity contribution in [1.82, 2.24) is 24.6 Å². The zero-order valence-corrected chi connectivity index (χ0v) is 19.2. The first-order valence-electron chi connectivity index (χ1n) is 11.6. The summed E-state index contributed by atoms with van der Waals surface area (Å²) in [6.45, 7) is 9.10. The number of aryl methyl sites for hydroxylation is 2. The Morgan fingerprint density at radius 2 is 1.82 bits per heavy atom. The lowest BCUT2D eigenvalue weighted by Gasteiger charge is -2.35. The number of nitrogens with zero attached hydrogens (tertiary/aromatic N) is 5. The van der Waals surface area contributed by atoms with Crippen molar-refractivity contribution in [2.75, 3.05) is 26.2 Å². The molecule has 2 aromatic heterocycles. The van der Waals surface area contributed by atoms with Crippen molar-refractivity contribution in [1.29, 1.82) is 0 Å². The number of rotatable bonds is 5. The van der Waals surface area contributed by atoms with E-state index in [0.29, 0.717) is 5.56 Å². The van der Waals surface area contributed by atoms with Gasteiger partial charge in [-0.1, -0.05) is 48.0 Å². The van der Waals surface area contributed by atoms with Crippen molar-refractivity contribution in [3.8, 4) is 11.3 Å². The molecule has 6 nitrogen and oxygen atoms in total. The number of hydrogen-bond donors (Lipinski definition) is 0. The van der Waals surface area contributed by atoms with Crippen molar-refractivity contribution in [2.24, 2.45) is 0 Å². The van der Waals surface area contributed by atoms with Gasteiger partial charge in [0.15, 0.2) is 0 Å². The molecule has 1 amide bonds. The van der Waals surface area contributed by atoms with Gasteiger partial charge in [0.2, 0.25) is 0 Å². The molecule has 5 rings (SSSR count). The second-order valence-electron chi connectivity index (χ2n) is 8.71. The SMILES string of the molecule is CCn1cc(-c2cc(C(=O)N3CCN(Cc4cccc(C)c4)CC3)c3ccccc3n2)cn1. The Balaban J connectivity index is 1.37. The van der Waals surface area contributed by atoms with Gasteiger partial charge in [0.25, 0.3) is 5.91 Å². The highest BCUT2D eigenvalue weighted by Crippen LogP contribution is 2.26. The number of aromatic nitrogens is 3. The fourth-order valence-corrected chi connectivity index (χ4v) is 4.52. The van der Waals surface area contributed by atoms with E-state index in [1.807, 2.05) is 52.3 Å². The monoisotopic (exact) mass is 439 g/mol. The number of para-hydroxylation sites is 1. The van der Waals surface area contributed by atoms with Crippen LogP contribution in [-0.4, -0.2) is 56.7 Å². The molecule has 6 heteroatoms. The van der Waals surface area contributed by atoms with E-state index in [-0.39, 0.29) is 5.91 Å². The van der Waals surface area contributed by atoms with Crippen LogP contribution < -0.4 is 0 Å². The van der Waals surface area contributed by atoms with Crippen LogP contribution in [0.15, 0.2) is 67.0 Å². The summed E-state index contributed by atoms with van der Waals surface area (Å²) in [6, 6.07) is 18.5. The molecule has 33 heavy (non-hydrogen) atoms. The van der Waals surface area contributed by atoms with Gasteiger partial charge in [0.1, 0.15) is 0 Å². The van der Waals surface area contributed by atoms with E-state index in [0.717, 1.165) is 61.4 Å². The van der Waals surface area contributed by atoms with Gasteiger partial charge >= 0.3 is 0 Å². The minimum Gasteiger partial charge on any atom is -0.336 e. The third-order valence-electron chi connectivity index (χ3n) is 6.35. The normalized spacial score (nSPS) is 14.7. The number of pyridine rings is 1. The molecule has 3 heterocycles. The maximum Gasteiger partial charge on any atom is 0.254 e. The molecule has 0 spiro atoms. The van der Waals surface area contributed by atoms with Crippen LogP contribution in [-0.2, 0) is 13.1 Å². The summed E-state index contributed by atoms with van der Waals surface area (Å²) in [6.07, 6.45) is 3.80. The van der Waals surface area contributed by atoms with Crippen LogP contribution in [0.5, 0.6) is 0 Å². The van der Waals surface area contributed by atoms with Crippen LogP contribution in [0.25, 0.3) is 22.2 Å². The lowest BCUT2D eigenvalue weighted by Crippen LogP contribution is -2.48. The molecule has 168 valence electrons. The van der Waals surface area contributed by atoms with Crippen molar-refractivity contribution in [3.05, 3.63) is 83.7 Å². The predicted molar refractivity (Wildman–Crippen MR) is 131 cm³/mol. The number of carbonyl (C=O) groups excluding carboxylic acids is 1. The van der Waals surface area contributed by atoms with Crippen LogP contribution >= 0.6 is 0 Å². The van der Waals surface area contributed by atoms with Crippen LogP contribution in [0.4, 0.5) is 0 Å². The smallest absolute Gasteiger partial charge is 0.254 e. The highest BCUT2D eigenvalue weighted by atomic mass is 16.2. The highest BCUT2D eigenvalue weighted by Gasteiger charge is 2.24. The topological polar surface area (TPSA) is 54.3 Å². The molecule has 1 saturated heterocycles. The van der Waals surface area contributed by atoms with Crippen molar-refractivity contribution >= 4 is 16.8 Å². The van der Waals surface area contributed by atoms with Crippen LogP contribution in [0.1, 0.15) is 28.4 Å². The first-order chi connectivity index (χ1) is 16.1. The van der Waals surface area contributed by atoms with Gasteiger partial charge in [-0.15, -0.1) is 0 Å². The van der Waals surface area contributed by atoms with Crippen LogP contribution in [0.2, 0.25) is 0 Å². The number of benzene rings is 2. The second-order valence-corrected chi connectivity index (χ2v) is 8.71. The molecule has 4 aromatic rings. The molecule has 1 aliphatic rings. The second kappa shape index (κ2) is 9.16. The molecular formula is C27H29N5O. The fourth-order valence-electron chi connectivity index (χ4n) is 4.52. The highest BCUT2D eigenvalue weighted by molar-refractivity contribution is 6.07. The van der Waals surface area contributed by atoms with Crippen molar-refractivity contribution in [3.63, 3.8) is 0 Å². The quantitative estimate of drug-likeness (QED) is 0.463. The lowest BCUT2D eigenvalue weighted by molar-refractivity contribution is 0.0630. The van der Waals surface area contributed by atoms with E-state index in [1.54, 1.807) is 0 Å². The van der Waals surface area contributed by atoms with Gasteiger partial charge in [-0.3, -0.25) is 14.4 Å². The first kappa shape index (κ1) is 21.3. The summed E-state index contributed by atoms with van der Waals surface area (Å²) in [7, 11) is 0. The zero-order chi connectivity index (χ0) is 22.8. The number of carbonyl (C=O) groups is 1. The molecule has 0 radical (unpaired) electrons. The van der Waals surface area contributed by atoms with Gasteiger partial charge in [0, 0.05) is 56.4 Å². The van der Waals surface area contributed by atoms with Crippen molar-refractivity contribution < 1.29 is 4.79 Å². The Morgan fingerprint density at radius 1 is 1.00 bits per heavy atom. The van der Waals surface area contributed by atoms with Gasteiger partial charge in [-0.25, -0.2) is 4.98 Å². The summed E-state index contributed by atoms with van der Waals surface area (Å²) >= 11 is 0. The first-order valence-corrected chi connectivity index (χ1v) is 11.6. The Labute approximate surface area is 194 Å². The van der Waals surface area contributed by atoms with Gasteiger partial charge in [-0.05, 0) is 31.5 Å². The van der Waals surface area contributed by atoms with Crippen molar-refractivity contribution in [2.45, 2.75) is 26.9 Å². The fraction of sp³-hybridized carbons (Fsp3) is 0.296. The number of piperazine rings is 1. The van der Waals surface area contributed by atoms with E-state index in [1.165, 1.54) is 11.1 Å². The number of hydrogen-bond acceptors (Lipinski definition) is 4. The standard InChI is InChI=1S/C27H29N5O/c1-3-32-19-22(17-28-32)26-16-24(23-9-4-5-10-25(23)29-26)27(33)31-13-11-30(12-14-31)18-21-8-6-7-20(2)15-21/h4-10,15-17,19H,3,11-14,18H2,1-2H3. The summed E-state index contributed by atoms with van der Waals surface area (Å²) in [5.74, 6) is 0.0768. The maximum atomic E-state index is 13.6. The van der Waals surface area contributed by atoms with Gasteiger partial charge < -0.3 is 4.90 Å². The predicted octanol–water partition coefficient (Wildman–Crippen LogP) is 4.38. The minimum atomic E-state index is 0.0768. The van der Waals surface area contributed by atoms with E-state index >= 15 is 0 Å². The summed E-state index contributed by atoms with van der Waals surface area (Å²) < 4.78 is 1.88. The molecule has 2 aromatic carbocycles. The Kier molecular flexibility index (Phi) is 5.92. The molecule has 0 saturated carbocycles. The Bertz CT molecular complexity index is 1290. The van der Waals surface area contributed by atoms with Gasteiger partial charge in [0.05, 0.1) is 23.0 Å². The average molecular weight is 440 g/mol. The van der Waals surface area contributed by atoms with Crippen LogP contribution in [0.3, 0.4) is 0 Å². The number of fused-ring (bicyclic) bond motifs is 1. The molecule has 0 unspecified atom stereocenters. The summed E-state index contributed by atoms with van der Waals surface area (Å²) in [5, 5.41) is 5.28. The third kappa shape index (κ3) is 4.52. The molecule has 0 N–H and O–H groups in total. The average Bonchev–Trinajstić information content (AvgIpc) is 3.33. The third-order valence-corrected chi connectivity index (χ3v) is 6.35. The zero-order valence-electron chi connectivity index (χ0n) is 19.2. The molecular weight excluding hydrogens is 410 g/mol. The van der Waals surface area contributed by atoms with E-state index < -0.39 is 0 Å². The molecule has 0 bridgehead atoms. The summed E-state index contributed by atoms with van der Waals surface area (Å²) in [4.78, 5) is 22.8. The van der Waals surface area contributed by atoms with E-state index in [9.17, 15) is 4.79 Å². The maximum absolute atomic E-state index is 13.6. The largest absolute Gasteiger partial charge is 0.336 e. The Hall–Kier alpha value is -3.51. The summed E-state index contributed by atoms with van der Waals surface area (Å²) in [5.41, 5.74) is 5.88. The molecule has 1 fully saturated rings.